The Morgan fingerprint density at radius 1 is 1.53 bits per heavy atom. The van der Waals surface area contributed by atoms with Gasteiger partial charge in [-0.25, -0.2) is 4.98 Å². The number of benzene rings is 1. The van der Waals surface area contributed by atoms with Gasteiger partial charge in [-0.1, -0.05) is 39.7 Å². The Morgan fingerprint density at radius 2 is 2.32 bits per heavy atom. The van der Waals surface area contributed by atoms with Crippen LogP contribution in [0.15, 0.2) is 54.0 Å². The summed E-state index contributed by atoms with van der Waals surface area (Å²) >= 11 is 9.39. The molecule has 2 aromatic rings. The largest absolute Gasteiger partial charge is 0.383 e. The van der Waals surface area contributed by atoms with E-state index in [-0.39, 0.29) is 0 Å². The fourth-order valence-corrected chi connectivity index (χ4v) is 3.10. The van der Waals surface area contributed by atoms with E-state index in [1.165, 1.54) is 0 Å². The molecule has 2 rings (SSSR count). The topological polar surface area (TPSA) is 38.0 Å². The number of hydrogen-bond acceptors (Lipinski definition) is 2. The maximum atomic E-state index is 10.9. The SMILES string of the molecule is C=CCC(O)(Cn1ccnc1)c1ccc(Cl)cc1Br. The average Bonchev–Trinajstić information content (AvgIpc) is 2.81. The first-order valence-electron chi connectivity index (χ1n) is 5.80. The molecule has 1 heterocycles. The molecule has 0 amide bonds. The molecule has 0 bridgehead atoms. The fraction of sp³-hybridized carbons (Fsp3) is 0.214. The van der Waals surface area contributed by atoms with Crippen LogP contribution >= 0.6 is 27.5 Å². The van der Waals surface area contributed by atoms with Gasteiger partial charge in [-0.2, -0.15) is 0 Å². The zero-order valence-electron chi connectivity index (χ0n) is 10.3. The molecule has 0 aliphatic rings. The van der Waals surface area contributed by atoms with E-state index < -0.39 is 5.60 Å². The van der Waals surface area contributed by atoms with E-state index in [1.807, 2.05) is 16.8 Å². The van der Waals surface area contributed by atoms with Crippen LogP contribution in [0.1, 0.15) is 12.0 Å². The molecule has 0 fully saturated rings. The molecular weight excluding hydrogens is 328 g/mol. The van der Waals surface area contributed by atoms with Gasteiger partial charge in [0.15, 0.2) is 0 Å². The van der Waals surface area contributed by atoms with Gasteiger partial charge in [0.2, 0.25) is 0 Å². The van der Waals surface area contributed by atoms with Gasteiger partial charge < -0.3 is 9.67 Å². The van der Waals surface area contributed by atoms with Crippen molar-refractivity contribution < 1.29 is 5.11 Å². The predicted molar refractivity (Wildman–Crippen MR) is 80.1 cm³/mol. The second-order valence-corrected chi connectivity index (χ2v) is 5.67. The third-order valence-electron chi connectivity index (χ3n) is 2.92. The highest BCUT2D eigenvalue weighted by atomic mass is 79.9. The van der Waals surface area contributed by atoms with Crippen LogP contribution in [-0.4, -0.2) is 14.7 Å². The molecule has 0 aliphatic carbocycles. The van der Waals surface area contributed by atoms with Gasteiger partial charge in [0.05, 0.1) is 12.9 Å². The lowest BCUT2D eigenvalue weighted by Crippen LogP contribution is -2.31. The van der Waals surface area contributed by atoms with Gasteiger partial charge in [0.25, 0.3) is 0 Å². The van der Waals surface area contributed by atoms with Crippen LogP contribution in [0, 0.1) is 0 Å². The summed E-state index contributed by atoms with van der Waals surface area (Å²) in [6, 6.07) is 5.37. The summed E-state index contributed by atoms with van der Waals surface area (Å²) in [5.41, 5.74) is -0.267. The first kappa shape index (κ1) is 14.3. The van der Waals surface area contributed by atoms with Crippen LogP contribution in [0.3, 0.4) is 0 Å². The number of rotatable bonds is 5. The summed E-state index contributed by atoms with van der Waals surface area (Å²) in [7, 11) is 0. The minimum absolute atomic E-state index is 0.402. The lowest BCUT2D eigenvalue weighted by molar-refractivity contribution is 0.0206. The summed E-state index contributed by atoms with van der Waals surface area (Å²) in [4.78, 5) is 3.99. The van der Waals surface area contributed by atoms with Gasteiger partial charge in [-0.15, -0.1) is 6.58 Å². The highest BCUT2D eigenvalue weighted by Gasteiger charge is 2.30. The van der Waals surface area contributed by atoms with E-state index >= 15 is 0 Å². The van der Waals surface area contributed by atoms with E-state index in [0.29, 0.717) is 18.0 Å². The number of imidazole rings is 1. The van der Waals surface area contributed by atoms with Gasteiger partial charge in [0.1, 0.15) is 5.60 Å². The standard InChI is InChI=1S/C14H14BrClN2O/c1-2-5-14(19,9-18-7-6-17-10-18)12-4-3-11(16)8-13(12)15/h2-4,6-8,10,19H,1,5,9H2. The van der Waals surface area contributed by atoms with Gasteiger partial charge in [-0.05, 0) is 24.1 Å². The van der Waals surface area contributed by atoms with Crippen molar-refractivity contribution in [1.82, 2.24) is 9.55 Å². The van der Waals surface area contributed by atoms with E-state index in [9.17, 15) is 5.11 Å². The maximum absolute atomic E-state index is 10.9. The molecule has 19 heavy (non-hydrogen) atoms. The molecule has 1 unspecified atom stereocenters. The molecule has 0 saturated carbocycles. The molecule has 3 nitrogen and oxygen atoms in total. The minimum Gasteiger partial charge on any atom is -0.383 e. The number of aromatic nitrogens is 2. The van der Waals surface area contributed by atoms with Gasteiger partial charge in [-0.3, -0.25) is 0 Å². The molecule has 0 spiro atoms. The lowest BCUT2D eigenvalue weighted by atomic mass is 9.90. The van der Waals surface area contributed by atoms with Crippen LogP contribution in [0.5, 0.6) is 0 Å². The number of nitrogens with zero attached hydrogens (tertiary/aromatic N) is 2. The van der Waals surface area contributed by atoms with Gasteiger partial charge in [0, 0.05) is 21.9 Å². The second kappa shape index (κ2) is 5.90. The smallest absolute Gasteiger partial charge is 0.112 e. The van der Waals surface area contributed by atoms with E-state index in [2.05, 4.69) is 27.5 Å². The Kier molecular flexibility index (Phi) is 4.45. The van der Waals surface area contributed by atoms with Crippen LogP contribution < -0.4 is 0 Å². The first-order chi connectivity index (χ1) is 9.05. The van der Waals surface area contributed by atoms with Crippen LogP contribution in [0.4, 0.5) is 0 Å². The summed E-state index contributed by atoms with van der Waals surface area (Å²) < 4.78 is 2.62. The van der Waals surface area contributed by atoms with E-state index in [0.717, 1.165) is 10.0 Å². The average molecular weight is 342 g/mol. The Balaban J connectivity index is 2.40. The minimum atomic E-state index is -1.05. The molecule has 1 aromatic heterocycles. The molecular formula is C14H14BrClN2O. The number of halogens is 2. The van der Waals surface area contributed by atoms with Crippen molar-refractivity contribution in [2.45, 2.75) is 18.6 Å². The predicted octanol–water partition coefficient (Wildman–Crippen LogP) is 3.76. The summed E-state index contributed by atoms with van der Waals surface area (Å²) in [5.74, 6) is 0. The van der Waals surface area contributed by atoms with Crippen molar-refractivity contribution in [1.29, 1.82) is 0 Å². The third-order valence-corrected chi connectivity index (χ3v) is 3.81. The number of aliphatic hydroxyl groups is 1. The maximum Gasteiger partial charge on any atom is 0.112 e. The Labute approximate surface area is 125 Å². The Morgan fingerprint density at radius 3 is 2.89 bits per heavy atom. The highest BCUT2D eigenvalue weighted by molar-refractivity contribution is 9.10. The van der Waals surface area contributed by atoms with Crippen LogP contribution in [0.2, 0.25) is 5.02 Å². The van der Waals surface area contributed by atoms with Crippen molar-refractivity contribution in [3.63, 3.8) is 0 Å². The van der Waals surface area contributed by atoms with Crippen molar-refractivity contribution in [3.8, 4) is 0 Å². The molecule has 1 aromatic carbocycles. The van der Waals surface area contributed by atoms with Crippen molar-refractivity contribution in [3.05, 3.63) is 64.6 Å². The van der Waals surface area contributed by atoms with Crippen molar-refractivity contribution in [2.75, 3.05) is 0 Å². The third kappa shape index (κ3) is 3.26. The Bertz CT molecular complexity index is 571. The normalized spacial score (nSPS) is 14.1. The summed E-state index contributed by atoms with van der Waals surface area (Å²) in [5, 5.41) is 11.6. The monoisotopic (exact) mass is 340 g/mol. The quantitative estimate of drug-likeness (QED) is 0.841. The highest BCUT2D eigenvalue weighted by Crippen LogP contribution is 2.34. The Hall–Kier alpha value is -1.10. The van der Waals surface area contributed by atoms with Crippen molar-refractivity contribution >= 4 is 27.5 Å². The second-order valence-electron chi connectivity index (χ2n) is 4.38. The van der Waals surface area contributed by atoms with E-state index in [1.54, 1.807) is 30.7 Å². The zero-order chi connectivity index (χ0) is 13.9. The molecule has 1 N–H and O–H groups in total. The summed E-state index contributed by atoms with van der Waals surface area (Å²) in [6.45, 7) is 4.12. The van der Waals surface area contributed by atoms with Gasteiger partial charge >= 0.3 is 0 Å². The molecule has 1 atom stereocenters. The molecule has 0 aliphatic heterocycles. The fourth-order valence-electron chi connectivity index (χ4n) is 2.05. The molecule has 5 heteroatoms. The van der Waals surface area contributed by atoms with Crippen LogP contribution in [-0.2, 0) is 12.1 Å². The van der Waals surface area contributed by atoms with E-state index in [4.69, 9.17) is 11.6 Å². The zero-order valence-corrected chi connectivity index (χ0v) is 12.6. The van der Waals surface area contributed by atoms with Crippen LogP contribution in [0.25, 0.3) is 0 Å². The lowest BCUT2D eigenvalue weighted by Gasteiger charge is -2.29. The molecule has 0 saturated heterocycles. The van der Waals surface area contributed by atoms with Crippen molar-refractivity contribution in [2.24, 2.45) is 0 Å². The first-order valence-corrected chi connectivity index (χ1v) is 6.97. The molecule has 0 radical (unpaired) electrons. The summed E-state index contributed by atoms with van der Waals surface area (Å²) in [6.07, 6.45) is 7.32. The number of hydrogen-bond donors (Lipinski definition) is 1. The molecule has 100 valence electrons.